The van der Waals surface area contributed by atoms with E-state index in [2.05, 4.69) is 25.3 Å². The largest absolute Gasteiger partial charge is 0.270 e. The summed E-state index contributed by atoms with van der Waals surface area (Å²) in [4.78, 5) is 21.3. The molecule has 0 atom stereocenters. The second-order valence-electron chi connectivity index (χ2n) is 4.33. The molecule has 0 heterocycles. The summed E-state index contributed by atoms with van der Waals surface area (Å²) >= 11 is 8.43. The zero-order chi connectivity index (χ0) is 16.3. The predicted molar refractivity (Wildman–Crippen MR) is 89.6 cm³/mol. The standard InChI is InChI=1S/C14H10N2O4S2/c17-15(18)11-5-3-9(13(21)7-11)1-2-10-4-6-12(16(19)20)8-14(10)22/h1-8,21-22H/b2-1+. The Hall–Kier alpha value is -2.32. The highest BCUT2D eigenvalue weighted by Crippen LogP contribution is 2.25. The van der Waals surface area contributed by atoms with Gasteiger partial charge in [0.25, 0.3) is 11.4 Å². The van der Waals surface area contributed by atoms with Gasteiger partial charge in [0.05, 0.1) is 9.85 Å². The molecule has 0 aliphatic carbocycles. The summed E-state index contributed by atoms with van der Waals surface area (Å²) in [7, 11) is 0. The van der Waals surface area contributed by atoms with Crippen LogP contribution in [0.5, 0.6) is 0 Å². The second-order valence-corrected chi connectivity index (χ2v) is 5.30. The third-order valence-corrected chi connectivity index (χ3v) is 3.67. The maximum Gasteiger partial charge on any atom is 0.270 e. The van der Waals surface area contributed by atoms with Crippen LogP contribution in [0.4, 0.5) is 11.4 Å². The van der Waals surface area contributed by atoms with Crippen molar-refractivity contribution in [1.82, 2.24) is 0 Å². The first-order valence-electron chi connectivity index (χ1n) is 6.01. The number of non-ortho nitro benzene ring substituents is 2. The first-order valence-corrected chi connectivity index (χ1v) is 6.91. The average Bonchev–Trinajstić information content (AvgIpc) is 2.46. The fourth-order valence-electron chi connectivity index (χ4n) is 1.75. The van der Waals surface area contributed by atoms with Gasteiger partial charge in [-0.3, -0.25) is 20.2 Å². The van der Waals surface area contributed by atoms with E-state index in [1.807, 2.05) is 0 Å². The molecule has 0 aliphatic rings. The van der Waals surface area contributed by atoms with E-state index in [1.54, 1.807) is 24.3 Å². The molecule has 0 amide bonds. The first kappa shape index (κ1) is 16.1. The van der Waals surface area contributed by atoms with E-state index in [-0.39, 0.29) is 11.4 Å². The van der Waals surface area contributed by atoms with E-state index in [1.165, 1.54) is 24.3 Å². The lowest BCUT2D eigenvalue weighted by Gasteiger charge is -2.01. The summed E-state index contributed by atoms with van der Waals surface area (Å²) in [5.74, 6) is 0. The molecule has 22 heavy (non-hydrogen) atoms. The molecule has 112 valence electrons. The molecule has 0 saturated heterocycles. The van der Waals surface area contributed by atoms with Crippen molar-refractivity contribution in [2.75, 3.05) is 0 Å². The van der Waals surface area contributed by atoms with Crippen LogP contribution in [-0.4, -0.2) is 9.85 Å². The summed E-state index contributed by atoms with van der Waals surface area (Å²) in [6.45, 7) is 0. The van der Waals surface area contributed by atoms with Crippen molar-refractivity contribution < 1.29 is 9.85 Å². The maximum absolute atomic E-state index is 10.7. The van der Waals surface area contributed by atoms with Crippen molar-refractivity contribution in [3.63, 3.8) is 0 Å². The van der Waals surface area contributed by atoms with E-state index in [0.717, 1.165) is 0 Å². The minimum Gasteiger partial charge on any atom is -0.258 e. The van der Waals surface area contributed by atoms with E-state index in [9.17, 15) is 20.2 Å². The Labute approximate surface area is 136 Å². The van der Waals surface area contributed by atoms with Crippen molar-refractivity contribution in [3.05, 3.63) is 67.8 Å². The van der Waals surface area contributed by atoms with Gasteiger partial charge in [-0.2, -0.15) is 0 Å². The zero-order valence-electron chi connectivity index (χ0n) is 11.0. The molecule has 2 aromatic rings. The molecular formula is C14H10N2O4S2. The monoisotopic (exact) mass is 334 g/mol. The molecule has 0 radical (unpaired) electrons. The molecule has 0 fully saturated rings. The van der Waals surface area contributed by atoms with Crippen LogP contribution in [0.2, 0.25) is 0 Å². The molecule has 0 bridgehead atoms. The van der Waals surface area contributed by atoms with Crippen LogP contribution in [-0.2, 0) is 0 Å². The Morgan fingerprint density at radius 3 is 1.41 bits per heavy atom. The lowest BCUT2D eigenvalue weighted by atomic mass is 10.1. The van der Waals surface area contributed by atoms with Crippen molar-refractivity contribution in [2.24, 2.45) is 0 Å². The Balaban J connectivity index is 2.29. The van der Waals surface area contributed by atoms with Gasteiger partial charge in [-0.1, -0.05) is 12.2 Å². The first-order chi connectivity index (χ1) is 10.4. The van der Waals surface area contributed by atoms with Crippen LogP contribution in [0.25, 0.3) is 12.2 Å². The van der Waals surface area contributed by atoms with Gasteiger partial charge in [-0.05, 0) is 23.3 Å². The highest BCUT2D eigenvalue weighted by Gasteiger charge is 2.08. The number of rotatable bonds is 4. The minimum absolute atomic E-state index is 0.0348. The molecule has 0 spiro atoms. The molecule has 0 aromatic heterocycles. The van der Waals surface area contributed by atoms with Crippen LogP contribution in [0, 0.1) is 20.2 Å². The van der Waals surface area contributed by atoms with Gasteiger partial charge in [0.1, 0.15) is 0 Å². The van der Waals surface area contributed by atoms with Crippen molar-refractivity contribution in [1.29, 1.82) is 0 Å². The number of benzene rings is 2. The minimum atomic E-state index is -0.491. The Morgan fingerprint density at radius 1 is 0.773 bits per heavy atom. The molecule has 6 nitrogen and oxygen atoms in total. The quantitative estimate of drug-likeness (QED) is 0.379. The van der Waals surface area contributed by atoms with Crippen LogP contribution < -0.4 is 0 Å². The number of nitrogens with zero attached hydrogens (tertiary/aromatic N) is 2. The van der Waals surface area contributed by atoms with E-state index >= 15 is 0 Å². The van der Waals surface area contributed by atoms with Crippen LogP contribution in [0.15, 0.2) is 46.2 Å². The SMILES string of the molecule is O=[N+]([O-])c1ccc(/C=C/c2ccc([N+](=O)[O-])cc2S)c(S)c1. The van der Waals surface area contributed by atoms with Crippen molar-refractivity contribution >= 4 is 48.8 Å². The van der Waals surface area contributed by atoms with Gasteiger partial charge in [-0.15, -0.1) is 25.3 Å². The maximum atomic E-state index is 10.7. The molecule has 2 rings (SSSR count). The van der Waals surface area contributed by atoms with E-state index < -0.39 is 9.85 Å². The van der Waals surface area contributed by atoms with E-state index in [4.69, 9.17) is 0 Å². The Bertz CT molecular complexity index is 725. The molecular weight excluding hydrogens is 324 g/mol. The fourth-order valence-corrected chi connectivity index (χ4v) is 2.32. The molecule has 2 aromatic carbocycles. The highest BCUT2D eigenvalue weighted by molar-refractivity contribution is 7.80. The second kappa shape index (κ2) is 6.63. The Morgan fingerprint density at radius 2 is 1.14 bits per heavy atom. The number of nitro benzene ring substituents is 2. The average molecular weight is 334 g/mol. The lowest BCUT2D eigenvalue weighted by Crippen LogP contribution is -1.89. The molecule has 0 N–H and O–H groups in total. The van der Waals surface area contributed by atoms with Crippen LogP contribution in [0.1, 0.15) is 11.1 Å². The van der Waals surface area contributed by atoms with Gasteiger partial charge in [0, 0.05) is 34.1 Å². The van der Waals surface area contributed by atoms with Crippen LogP contribution in [0.3, 0.4) is 0 Å². The highest BCUT2D eigenvalue weighted by atomic mass is 32.1. The summed E-state index contributed by atoms with van der Waals surface area (Å²) in [5.41, 5.74) is 1.32. The summed E-state index contributed by atoms with van der Waals surface area (Å²) in [5, 5.41) is 21.3. The summed E-state index contributed by atoms with van der Waals surface area (Å²) < 4.78 is 0. The van der Waals surface area contributed by atoms with Gasteiger partial charge in [0.2, 0.25) is 0 Å². The van der Waals surface area contributed by atoms with Crippen LogP contribution >= 0.6 is 25.3 Å². The lowest BCUT2D eigenvalue weighted by molar-refractivity contribution is -0.385. The van der Waals surface area contributed by atoms with E-state index in [0.29, 0.717) is 20.9 Å². The normalized spacial score (nSPS) is 10.8. The molecule has 0 aliphatic heterocycles. The number of thiol groups is 2. The number of hydrogen-bond acceptors (Lipinski definition) is 6. The predicted octanol–water partition coefficient (Wildman–Crippen LogP) is 4.25. The smallest absolute Gasteiger partial charge is 0.258 e. The van der Waals surface area contributed by atoms with Gasteiger partial charge >= 0.3 is 0 Å². The van der Waals surface area contributed by atoms with Crippen molar-refractivity contribution in [2.45, 2.75) is 9.79 Å². The number of nitro groups is 2. The molecule has 0 saturated carbocycles. The summed E-state index contributed by atoms with van der Waals surface area (Å²) in [6.07, 6.45) is 3.43. The zero-order valence-corrected chi connectivity index (χ0v) is 12.8. The fraction of sp³-hybridized carbons (Fsp3) is 0. The van der Waals surface area contributed by atoms with Gasteiger partial charge in [-0.25, -0.2) is 0 Å². The molecule has 0 unspecified atom stereocenters. The topological polar surface area (TPSA) is 86.3 Å². The van der Waals surface area contributed by atoms with Gasteiger partial charge < -0.3 is 0 Å². The van der Waals surface area contributed by atoms with Gasteiger partial charge in [0.15, 0.2) is 0 Å². The summed E-state index contributed by atoms with van der Waals surface area (Å²) in [6, 6.07) is 8.66. The number of hydrogen-bond donors (Lipinski definition) is 2. The Kier molecular flexibility index (Phi) is 4.84. The van der Waals surface area contributed by atoms with Crippen molar-refractivity contribution in [3.8, 4) is 0 Å². The molecule has 8 heteroatoms. The third-order valence-electron chi connectivity index (χ3n) is 2.89. The third kappa shape index (κ3) is 3.66.